The number of nitrogens with zero attached hydrogens (tertiary/aromatic N) is 1. The van der Waals surface area contributed by atoms with Crippen LogP contribution in [-0.2, 0) is 36.8 Å². The van der Waals surface area contributed by atoms with Gasteiger partial charge in [0.25, 0.3) is 0 Å². The van der Waals surface area contributed by atoms with Gasteiger partial charge in [0.05, 0.1) is 13.5 Å². The number of methoxy groups -OCH3 is 1. The normalized spacial score (nSPS) is 17.8. The van der Waals surface area contributed by atoms with E-state index in [2.05, 4.69) is 10.6 Å². The smallest absolute Gasteiger partial charge is 0.243 e. The molecule has 0 unspecified atom stereocenters. The number of carbonyl (C=O) groups is 5. The second-order valence-corrected chi connectivity index (χ2v) is 10.1. The number of thiophene rings is 1. The van der Waals surface area contributed by atoms with Gasteiger partial charge in [-0.25, -0.2) is 0 Å². The Labute approximate surface area is 224 Å². The summed E-state index contributed by atoms with van der Waals surface area (Å²) >= 11 is 1.46. The van der Waals surface area contributed by atoms with Crippen molar-refractivity contribution in [3.05, 3.63) is 52.2 Å². The number of likely N-dealkylation sites (tertiary alicyclic amines) is 1. The van der Waals surface area contributed by atoms with Crippen molar-refractivity contribution in [1.82, 2.24) is 15.5 Å². The lowest BCUT2D eigenvalue weighted by Gasteiger charge is -2.39. The van der Waals surface area contributed by atoms with Gasteiger partial charge in [0, 0.05) is 36.3 Å². The van der Waals surface area contributed by atoms with Crippen LogP contribution in [-0.4, -0.2) is 66.3 Å². The maximum absolute atomic E-state index is 13.4. The molecule has 38 heavy (non-hydrogen) atoms. The molecule has 1 fully saturated rings. The van der Waals surface area contributed by atoms with Gasteiger partial charge in [0.15, 0.2) is 0 Å². The highest BCUT2D eigenvalue weighted by Crippen LogP contribution is 2.21. The van der Waals surface area contributed by atoms with E-state index in [1.54, 1.807) is 24.3 Å². The quantitative estimate of drug-likeness (QED) is 0.324. The molecule has 0 spiro atoms. The van der Waals surface area contributed by atoms with Crippen LogP contribution in [0.25, 0.3) is 0 Å². The van der Waals surface area contributed by atoms with Gasteiger partial charge in [-0.15, -0.1) is 11.3 Å². The first kappa shape index (κ1) is 28.6. The Hall–Kier alpha value is -3.93. The zero-order valence-corrected chi connectivity index (χ0v) is 21.8. The average molecular weight is 544 g/mol. The second-order valence-electron chi connectivity index (χ2n) is 9.04. The molecule has 4 N–H and O–H groups in total. The van der Waals surface area contributed by atoms with Gasteiger partial charge in [-0.2, -0.15) is 0 Å². The van der Waals surface area contributed by atoms with Crippen molar-refractivity contribution in [3.8, 4) is 5.75 Å². The number of benzene rings is 1. The van der Waals surface area contributed by atoms with Crippen LogP contribution in [0.3, 0.4) is 0 Å². The van der Waals surface area contributed by atoms with E-state index in [9.17, 15) is 29.1 Å². The van der Waals surface area contributed by atoms with E-state index in [-0.39, 0.29) is 38.1 Å². The third kappa shape index (κ3) is 8.30. The van der Waals surface area contributed by atoms with Crippen LogP contribution in [0.5, 0.6) is 5.75 Å². The van der Waals surface area contributed by atoms with Crippen molar-refractivity contribution >= 4 is 40.9 Å². The van der Waals surface area contributed by atoms with Crippen LogP contribution < -0.4 is 26.2 Å². The third-order valence-electron chi connectivity index (χ3n) is 6.31. The van der Waals surface area contributed by atoms with Crippen molar-refractivity contribution in [1.29, 1.82) is 0 Å². The summed E-state index contributed by atoms with van der Waals surface area (Å²) in [5, 5.41) is 18.3. The van der Waals surface area contributed by atoms with E-state index in [0.29, 0.717) is 12.2 Å². The lowest BCUT2D eigenvalue weighted by Crippen LogP contribution is -2.60. The number of carboxylic acids is 1. The Morgan fingerprint density at radius 3 is 2.50 bits per heavy atom. The number of primary amides is 1. The Balaban J connectivity index is 1.71. The third-order valence-corrected chi connectivity index (χ3v) is 7.18. The van der Waals surface area contributed by atoms with Gasteiger partial charge >= 0.3 is 0 Å². The van der Waals surface area contributed by atoms with Gasteiger partial charge in [-0.05, 0) is 48.4 Å². The summed E-state index contributed by atoms with van der Waals surface area (Å²) in [6.45, 7) is 0.133. The van der Waals surface area contributed by atoms with Crippen molar-refractivity contribution < 1.29 is 33.8 Å². The minimum absolute atomic E-state index is 0.104. The molecule has 11 nitrogen and oxygen atoms in total. The number of rotatable bonds is 12. The topological polar surface area (TPSA) is 171 Å². The number of carbonyl (C=O) groups excluding carboxylic acids is 5. The molecule has 1 saturated heterocycles. The summed E-state index contributed by atoms with van der Waals surface area (Å²) in [7, 11) is 1.53. The van der Waals surface area contributed by atoms with Gasteiger partial charge in [0.2, 0.25) is 23.6 Å². The number of nitrogens with two attached hydrogens (primary N) is 1. The highest BCUT2D eigenvalue weighted by molar-refractivity contribution is 7.10. The van der Waals surface area contributed by atoms with Crippen LogP contribution >= 0.6 is 11.3 Å². The van der Waals surface area contributed by atoms with Crippen LogP contribution in [0.1, 0.15) is 36.1 Å². The molecule has 1 aliphatic heterocycles. The van der Waals surface area contributed by atoms with Crippen LogP contribution in [0, 0.1) is 0 Å². The number of amides is 4. The maximum Gasteiger partial charge on any atom is 0.243 e. The molecule has 1 aliphatic rings. The Kier molecular flexibility index (Phi) is 10.2. The largest absolute Gasteiger partial charge is 0.550 e. The number of carboxylic acid groups (broad SMARTS) is 1. The Bertz CT molecular complexity index is 1140. The van der Waals surface area contributed by atoms with Crippen molar-refractivity contribution in [2.75, 3.05) is 13.7 Å². The Morgan fingerprint density at radius 2 is 1.89 bits per heavy atom. The molecule has 0 saturated carbocycles. The molecule has 12 heteroatoms. The standard InChI is InChI=1S/C26H32N4O7S/c1-37-18-6-4-16(5-7-18)13-20(25(27)35)29-26(36)21-14-17(28-22(31)15-19-3-2-12-38-19)10-11-30(21)23(32)8-9-24(33)34/h2-7,12,17,20-21H,8-11,13-15H2,1H3,(H2,27,35)(H,28,31)(H,29,36)(H,33,34)/p-1/t17-,20-,21-/m0/s1. The van der Waals surface area contributed by atoms with Gasteiger partial charge < -0.3 is 35.9 Å². The molecule has 0 bridgehead atoms. The fourth-order valence-corrected chi connectivity index (χ4v) is 5.04. The number of nitrogens with one attached hydrogen (secondary N) is 2. The maximum atomic E-state index is 13.4. The molecule has 204 valence electrons. The predicted octanol–water partition coefficient (Wildman–Crippen LogP) is -0.482. The molecule has 1 aromatic heterocycles. The number of hydrogen-bond acceptors (Lipinski definition) is 8. The van der Waals surface area contributed by atoms with E-state index < -0.39 is 48.2 Å². The summed E-state index contributed by atoms with van der Waals surface area (Å²) in [5.74, 6) is -2.83. The highest BCUT2D eigenvalue weighted by Gasteiger charge is 2.37. The molecule has 4 amide bonds. The van der Waals surface area contributed by atoms with Gasteiger partial charge in [-0.1, -0.05) is 18.2 Å². The molecule has 0 aliphatic carbocycles. The summed E-state index contributed by atoms with van der Waals surface area (Å²) in [5.41, 5.74) is 6.30. The molecule has 2 aromatic rings. The highest BCUT2D eigenvalue weighted by atomic mass is 32.1. The molecular weight excluding hydrogens is 512 g/mol. The zero-order chi connectivity index (χ0) is 27.7. The zero-order valence-electron chi connectivity index (χ0n) is 21.0. The molecule has 3 rings (SSSR count). The number of piperidine rings is 1. The van der Waals surface area contributed by atoms with E-state index in [1.165, 1.54) is 23.3 Å². The van der Waals surface area contributed by atoms with E-state index >= 15 is 0 Å². The molecule has 1 aromatic carbocycles. The first-order valence-electron chi connectivity index (χ1n) is 12.2. The fourth-order valence-electron chi connectivity index (χ4n) is 4.33. The monoisotopic (exact) mass is 543 g/mol. The van der Waals surface area contributed by atoms with Crippen LogP contribution in [0.4, 0.5) is 0 Å². The van der Waals surface area contributed by atoms with Crippen LogP contribution in [0.15, 0.2) is 41.8 Å². The fraction of sp³-hybridized carbons (Fsp3) is 0.423. The Morgan fingerprint density at radius 1 is 1.16 bits per heavy atom. The van der Waals surface area contributed by atoms with E-state index in [4.69, 9.17) is 10.5 Å². The number of hydrogen-bond donors (Lipinski definition) is 3. The van der Waals surface area contributed by atoms with E-state index in [1.807, 2.05) is 17.5 Å². The molecule has 3 atom stereocenters. The summed E-state index contributed by atoms with van der Waals surface area (Å²) in [6, 6.07) is 8.17. The molecule has 2 heterocycles. The second kappa shape index (κ2) is 13.6. The minimum Gasteiger partial charge on any atom is -0.550 e. The van der Waals surface area contributed by atoms with Crippen molar-refractivity contribution in [2.45, 2.75) is 56.7 Å². The van der Waals surface area contributed by atoms with Crippen molar-refractivity contribution in [3.63, 3.8) is 0 Å². The van der Waals surface area contributed by atoms with E-state index in [0.717, 1.165) is 10.4 Å². The van der Waals surface area contributed by atoms with Gasteiger partial charge in [0.1, 0.15) is 17.8 Å². The predicted molar refractivity (Wildman–Crippen MR) is 137 cm³/mol. The first-order chi connectivity index (χ1) is 18.2. The molecular formula is C26H31N4O7S-. The lowest BCUT2D eigenvalue weighted by atomic mass is 9.94. The minimum atomic E-state index is -1.37. The van der Waals surface area contributed by atoms with Crippen LogP contribution in [0.2, 0.25) is 0 Å². The van der Waals surface area contributed by atoms with Crippen molar-refractivity contribution in [2.24, 2.45) is 5.73 Å². The SMILES string of the molecule is COc1ccc(C[C@H](NC(=O)[C@@H]2C[C@@H](NC(=O)Cc3cccs3)CCN2C(=O)CCC(=O)[O-])C(N)=O)cc1. The lowest BCUT2D eigenvalue weighted by molar-refractivity contribution is -0.305. The summed E-state index contributed by atoms with van der Waals surface area (Å²) < 4.78 is 5.13. The number of ether oxygens (including phenoxy) is 1. The average Bonchev–Trinajstić information content (AvgIpc) is 3.40. The van der Waals surface area contributed by atoms with Gasteiger partial charge in [-0.3, -0.25) is 19.2 Å². The first-order valence-corrected chi connectivity index (χ1v) is 13.1. The molecule has 0 radical (unpaired) electrons. The summed E-state index contributed by atoms with van der Waals surface area (Å²) in [6.07, 6.45) is 0.0101. The number of aliphatic carboxylic acids is 1. The summed E-state index contributed by atoms with van der Waals surface area (Å²) in [4.78, 5) is 63.9.